The molecule has 0 aliphatic rings. The molecule has 0 aromatic heterocycles. The Labute approximate surface area is 94.4 Å². The first-order valence-electron chi connectivity index (χ1n) is 5.57. The predicted octanol–water partition coefficient (Wildman–Crippen LogP) is 3.33. The molecule has 0 bridgehead atoms. The fraction of sp³-hybridized carbons (Fsp3) is 0.769. The summed E-state index contributed by atoms with van der Waals surface area (Å²) in [6.07, 6.45) is 4.93. The second-order valence-corrected chi connectivity index (χ2v) is 5.03. The van der Waals surface area contributed by atoms with E-state index in [9.17, 15) is 0 Å². The molecule has 0 aliphatic heterocycles. The van der Waals surface area contributed by atoms with Crippen molar-refractivity contribution in [3.05, 3.63) is 12.7 Å². The highest BCUT2D eigenvalue weighted by molar-refractivity contribution is 5.65. The first-order valence-corrected chi connectivity index (χ1v) is 5.57. The summed E-state index contributed by atoms with van der Waals surface area (Å²) in [5, 5.41) is 0. The van der Waals surface area contributed by atoms with Crippen LogP contribution in [-0.2, 0) is 4.74 Å². The number of nitrogens with zero attached hydrogens (tertiary/aromatic N) is 1. The first-order chi connectivity index (χ1) is 6.93. The Kier molecular flexibility index (Phi) is 6.50. The van der Waals surface area contributed by atoms with Crippen molar-refractivity contribution in [3.63, 3.8) is 0 Å². The maximum atomic E-state index is 5.16. The molecule has 0 rings (SSSR count). The Hall–Kier alpha value is -0.630. The van der Waals surface area contributed by atoms with Gasteiger partial charge in [-0.05, 0) is 12.3 Å². The van der Waals surface area contributed by atoms with Gasteiger partial charge in [-0.15, -0.1) is 6.58 Å². The maximum Gasteiger partial charge on any atom is 0.0752 e. The molecule has 0 radical (unpaired) electrons. The van der Waals surface area contributed by atoms with Crippen LogP contribution in [0.25, 0.3) is 0 Å². The van der Waals surface area contributed by atoms with E-state index in [0.717, 1.165) is 6.42 Å². The first kappa shape index (κ1) is 14.4. The minimum absolute atomic E-state index is 0.0998. The van der Waals surface area contributed by atoms with Crippen molar-refractivity contribution in [2.24, 2.45) is 16.3 Å². The normalized spacial score (nSPS) is 14.8. The quantitative estimate of drug-likeness (QED) is 0.467. The molecular formula is C13H25NO. The van der Waals surface area contributed by atoms with Gasteiger partial charge in [0, 0.05) is 18.7 Å². The monoisotopic (exact) mass is 211 g/mol. The third-order valence-electron chi connectivity index (χ3n) is 2.39. The van der Waals surface area contributed by atoms with Crippen molar-refractivity contribution < 1.29 is 4.74 Å². The highest BCUT2D eigenvalue weighted by Crippen LogP contribution is 2.18. The highest BCUT2D eigenvalue weighted by Gasteiger charge is 2.15. The largest absolute Gasteiger partial charge is 0.382 e. The summed E-state index contributed by atoms with van der Waals surface area (Å²) in [7, 11) is 1.72. The van der Waals surface area contributed by atoms with Crippen molar-refractivity contribution in [2.75, 3.05) is 13.7 Å². The lowest BCUT2D eigenvalue weighted by Gasteiger charge is -2.20. The van der Waals surface area contributed by atoms with Crippen molar-refractivity contribution in [2.45, 2.75) is 40.2 Å². The molecule has 0 aliphatic carbocycles. The molecule has 2 nitrogen and oxygen atoms in total. The van der Waals surface area contributed by atoms with E-state index in [1.807, 2.05) is 12.3 Å². The molecule has 15 heavy (non-hydrogen) atoms. The topological polar surface area (TPSA) is 21.6 Å². The Morgan fingerprint density at radius 2 is 2.00 bits per heavy atom. The summed E-state index contributed by atoms with van der Waals surface area (Å²) in [6, 6.07) is 0.263. The molecule has 0 saturated carbocycles. The van der Waals surface area contributed by atoms with Crippen molar-refractivity contribution in [1.29, 1.82) is 0 Å². The zero-order valence-electron chi connectivity index (χ0n) is 10.8. The summed E-state index contributed by atoms with van der Waals surface area (Å²) in [5.74, 6) is 0.515. The van der Waals surface area contributed by atoms with Crippen LogP contribution in [-0.4, -0.2) is 26.0 Å². The van der Waals surface area contributed by atoms with Gasteiger partial charge in [-0.25, -0.2) is 0 Å². The Morgan fingerprint density at radius 1 is 1.40 bits per heavy atom. The van der Waals surface area contributed by atoms with E-state index in [1.54, 1.807) is 7.11 Å². The molecular weight excluding hydrogens is 186 g/mol. The fourth-order valence-electron chi connectivity index (χ4n) is 1.30. The Balaban J connectivity index is 4.37. The van der Waals surface area contributed by atoms with Crippen LogP contribution in [0.2, 0.25) is 0 Å². The Morgan fingerprint density at radius 3 is 2.40 bits per heavy atom. The van der Waals surface area contributed by atoms with Gasteiger partial charge >= 0.3 is 0 Å². The molecule has 0 saturated heterocycles. The minimum atomic E-state index is 0.0998. The molecule has 0 N–H and O–H groups in total. The van der Waals surface area contributed by atoms with Gasteiger partial charge in [0.1, 0.15) is 0 Å². The summed E-state index contributed by atoms with van der Waals surface area (Å²) in [6.45, 7) is 13.1. The lowest BCUT2D eigenvalue weighted by Crippen LogP contribution is -2.22. The lowest BCUT2D eigenvalue weighted by molar-refractivity contribution is 0.165. The maximum absolute atomic E-state index is 5.16. The molecule has 0 aromatic carbocycles. The predicted molar refractivity (Wildman–Crippen MR) is 67.6 cm³/mol. The van der Waals surface area contributed by atoms with Gasteiger partial charge in [-0.2, -0.15) is 0 Å². The van der Waals surface area contributed by atoms with Crippen LogP contribution in [0.15, 0.2) is 17.6 Å². The molecule has 88 valence electrons. The molecule has 0 fully saturated rings. The number of hydrogen-bond acceptors (Lipinski definition) is 2. The molecule has 0 heterocycles. The van der Waals surface area contributed by atoms with Crippen molar-refractivity contribution in [3.8, 4) is 0 Å². The standard InChI is InChI=1S/C13H25NO/c1-7-8-13(4,5)10-14-12(9-15-6)11(2)3/h7,10-12H,1,8-9H2,2-6H3/t12-/m1/s1. The van der Waals surface area contributed by atoms with Crippen LogP contribution < -0.4 is 0 Å². The molecule has 0 unspecified atom stereocenters. The number of hydrogen-bond donors (Lipinski definition) is 0. The average molecular weight is 211 g/mol. The van der Waals surface area contributed by atoms with Crippen LogP contribution in [0.1, 0.15) is 34.1 Å². The molecule has 0 amide bonds. The molecule has 0 aromatic rings. The van der Waals surface area contributed by atoms with Crippen LogP contribution in [0.4, 0.5) is 0 Å². The number of ether oxygens (including phenoxy) is 1. The highest BCUT2D eigenvalue weighted by atomic mass is 16.5. The van der Waals surface area contributed by atoms with Gasteiger partial charge in [0.05, 0.1) is 12.6 Å². The van der Waals surface area contributed by atoms with Crippen LogP contribution >= 0.6 is 0 Å². The van der Waals surface area contributed by atoms with Gasteiger partial charge in [-0.1, -0.05) is 33.8 Å². The SMILES string of the molecule is C=CCC(C)(C)C=N[C@H](COC)C(C)C. The second-order valence-electron chi connectivity index (χ2n) is 5.03. The smallest absolute Gasteiger partial charge is 0.0752 e. The van der Waals surface area contributed by atoms with E-state index in [0.29, 0.717) is 12.5 Å². The number of rotatable bonds is 7. The summed E-state index contributed by atoms with van der Waals surface area (Å²) < 4.78 is 5.16. The molecule has 1 atom stereocenters. The Bertz CT molecular complexity index is 207. The number of methoxy groups -OCH3 is 1. The van der Waals surface area contributed by atoms with Crippen molar-refractivity contribution in [1.82, 2.24) is 0 Å². The van der Waals surface area contributed by atoms with Gasteiger partial charge in [0.2, 0.25) is 0 Å². The molecule has 2 heteroatoms. The van der Waals surface area contributed by atoms with E-state index in [2.05, 4.69) is 39.3 Å². The van der Waals surface area contributed by atoms with E-state index in [4.69, 9.17) is 4.74 Å². The third-order valence-corrected chi connectivity index (χ3v) is 2.39. The van der Waals surface area contributed by atoms with Gasteiger partial charge in [0.15, 0.2) is 0 Å². The van der Waals surface area contributed by atoms with Gasteiger partial charge < -0.3 is 4.74 Å². The van der Waals surface area contributed by atoms with E-state index in [-0.39, 0.29) is 11.5 Å². The van der Waals surface area contributed by atoms with E-state index in [1.165, 1.54) is 0 Å². The van der Waals surface area contributed by atoms with Gasteiger partial charge in [0.25, 0.3) is 0 Å². The van der Waals surface area contributed by atoms with Crippen molar-refractivity contribution >= 4 is 6.21 Å². The zero-order chi connectivity index (χ0) is 11.9. The third kappa shape index (κ3) is 6.45. The van der Waals surface area contributed by atoms with E-state index < -0.39 is 0 Å². The number of allylic oxidation sites excluding steroid dienone is 1. The van der Waals surface area contributed by atoms with Crippen LogP contribution in [0, 0.1) is 11.3 Å². The lowest BCUT2D eigenvalue weighted by atomic mass is 9.91. The van der Waals surface area contributed by atoms with E-state index >= 15 is 0 Å². The van der Waals surface area contributed by atoms with Gasteiger partial charge in [-0.3, -0.25) is 4.99 Å². The average Bonchev–Trinajstić information content (AvgIpc) is 2.11. The minimum Gasteiger partial charge on any atom is -0.382 e. The second kappa shape index (κ2) is 6.78. The van der Waals surface area contributed by atoms with Crippen LogP contribution in [0.3, 0.4) is 0 Å². The van der Waals surface area contributed by atoms with Crippen LogP contribution in [0.5, 0.6) is 0 Å². The zero-order valence-corrected chi connectivity index (χ0v) is 10.8. The summed E-state index contributed by atoms with van der Waals surface area (Å²) in [5.41, 5.74) is 0.0998. The summed E-state index contributed by atoms with van der Waals surface area (Å²) >= 11 is 0. The number of aliphatic imine (C=N–C) groups is 1. The molecule has 0 spiro atoms. The summed E-state index contributed by atoms with van der Waals surface area (Å²) in [4.78, 5) is 4.61. The fourth-order valence-corrected chi connectivity index (χ4v) is 1.30.